The molecule has 0 atom stereocenters. The maximum atomic E-state index is 13.3. The van der Waals surface area contributed by atoms with Crippen molar-refractivity contribution >= 4 is 11.4 Å². The van der Waals surface area contributed by atoms with Crippen molar-refractivity contribution in [3.63, 3.8) is 0 Å². The molecule has 0 unspecified atom stereocenters. The number of nitrogens with zero attached hydrogens (tertiary/aromatic N) is 5. The number of fused-ring (bicyclic) bond motifs is 1. The minimum absolute atomic E-state index is 0.0406. The normalized spacial score (nSPS) is 16.4. The van der Waals surface area contributed by atoms with E-state index in [1.165, 1.54) is 40.2 Å². The zero-order chi connectivity index (χ0) is 21.7. The number of pyridine rings is 1. The van der Waals surface area contributed by atoms with Gasteiger partial charge in [-0.2, -0.15) is 31.4 Å². The number of amides is 1. The fraction of sp³-hybridized carbons (Fsp3) is 0.389. The Morgan fingerprint density at radius 2 is 1.67 bits per heavy atom. The van der Waals surface area contributed by atoms with E-state index in [-0.39, 0.29) is 30.3 Å². The van der Waals surface area contributed by atoms with E-state index in [0.717, 1.165) is 10.5 Å². The zero-order valence-corrected chi connectivity index (χ0v) is 15.3. The number of aromatic nitrogens is 4. The monoisotopic (exact) mass is 431 g/mol. The third-order valence-corrected chi connectivity index (χ3v) is 5.03. The maximum Gasteiger partial charge on any atom is 0.450 e. The summed E-state index contributed by atoms with van der Waals surface area (Å²) >= 11 is 0. The van der Waals surface area contributed by atoms with Crippen LogP contribution in [0, 0.1) is 0 Å². The minimum Gasteiger partial charge on any atom is -0.337 e. The molecule has 1 amide bonds. The van der Waals surface area contributed by atoms with Gasteiger partial charge in [0.05, 0.1) is 11.6 Å². The van der Waals surface area contributed by atoms with Gasteiger partial charge in [0.2, 0.25) is 5.82 Å². The largest absolute Gasteiger partial charge is 0.450 e. The molecule has 12 heteroatoms. The molecular weight excluding hydrogens is 416 g/mol. The first kappa shape index (κ1) is 20.2. The predicted octanol–water partition coefficient (Wildman–Crippen LogP) is 4.05. The Kier molecular flexibility index (Phi) is 4.74. The van der Waals surface area contributed by atoms with Crippen LogP contribution in [0.1, 0.15) is 40.9 Å². The summed E-state index contributed by atoms with van der Waals surface area (Å²) in [4.78, 5) is 17.8. The van der Waals surface area contributed by atoms with E-state index in [1.807, 2.05) is 0 Å². The molecular formula is C18H15F6N5O. The van der Waals surface area contributed by atoms with Gasteiger partial charge in [-0.3, -0.25) is 13.9 Å². The highest BCUT2D eigenvalue weighted by Gasteiger charge is 2.39. The molecule has 0 radical (unpaired) electrons. The molecule has 0 bridgehead atoms. The van der Waals surface area contributed by atoms with Crippen LogP contribution in [0.25, 0.3) is 5.52 Å². The molecule has 1 aliphatic heterocycles. The van der Waals surface area contributed by atoms with Crippen molar-refractivity contribution in [1.29, 1.82) is 0 Å². The lowest BCUT2D eigenvalue weighted by molar-refractivity contribution is -0.145. The third kappa shape index (κ3) is 3.61. The standard InChI is InChI=1S/C18H15F6N5O/c19-17(20,21)13-6-10-29(26-13)11-4-8-27(9-5-11)15(30)14-12-3-1-2-7-28(12)16(25-14)18(22,23)24/h1-3,6-7,10-11H,4-5,8-9H2. The van der Waals surface area contributed by atoms with E-state index >= 15 is 0 Å². The average molecular weight is 431 g/mol. The van der Waals surface area contributed by atoms with Crippen molar-refractivity contribution in [2.75, 3.05) is 13.1 Å². The summed E-state index contributed by atoms with van der Waals surface area (Å²) in [6.07, 6.45) is -6.20. The Hall–Kier alpha value is -3.05. The second-order valence-electron chi connectivity index (χ2n) is 6.94. The van der Waals surface area contributed by atoms with Crippen LogP contribution in [0.5, 0.6) is 0 Å². The SMILES string of the molecule is O=C(c1nc(C(F)(F)F)n2ccccc12)N1CCC(n2ccc(C(F)(F)F)n2)CC1. The van der Waals surface area contributed by atoms with Crippen molar-refractivity contribution in [1.82, 2.24) is 24.1 Å². The third-order valence-electron chi connectivity index (χ3n) is 5.03. The van der Waals surface area contributed by atoms with E-state index in [2.05, 4.69) is 10.1 Å². The maximum absolute atomic E-state index is 13.3. The first-order valence-electron chi connectivity index (χ1n) is 9.01. The molecule has 0 spiro atoms. The smallest absolute Gasteiger partial charge is 0.337 e. The summed E-state index contributed by atoms with van der Waals surface area (Å²) < 4.78 is 80.0. The van der Waals surface area contributed by atoms with Crippen LogP contribution in [-0.4, -0.2) is 43.1 Å². The second kappa shape index (κ2) is 7.03. The van der Waals surface area contributed by atoms with Crippen LogP contribution in [0.2, 0.25) is 0 Å². The van der Waals surface area contributed by atoms with Crippen LogP contribution in [0.4, 0.5) is 26.3 Å². The molecule has 6 nitrogen and oxygen atoms in total. The van der Waals surface area contributed by atoms with Crippen LogP contribution in [-0.2, 0) is 12.4 Å². The number of carbonyl (C=O) groups excluding carboxylic acids is 1. The van der Waals surface area contributed by atoms with Crippen molar-refractivity contribution < 1.29 is 31.1 Å². The minimum atomic E-state index is -4.73. The van der Waals surface area contributed by atoms with Gasteiger partial charge >= 0.3 is 12.4 Å². The average Bonchev–Trinajstić information content (AvgIpc) is 3.32. The van der Waals surface area contributed by atoms with Crippen LogP contribution in [0.3, 0.4) is 0 Å². The molecule has 4 heterocycles. The van der Waals surface area contributed by atoms with E-state index < -0.39 is 29.8 Å². The first-order valence-corrected chi connectivity index (χ1v) is 9.01. The predicted molar refractivity (Wildman–Crippen MR) is 91.6 cm³/mol. The Morgan fingerprint density at radius 3 is 2.27 bits per heavy atom. The molecule has 3 aromatic heterocycles. The summed E-state index contributed by atoms with van der Waals surface area (Å²) in [7, 11) is 0. The highest BCUT2D eigenvalue weighted by molar-refractivity contribution is 5.99. The molecule has 1 saturated heterocycles. The van der Waals surface area contributed by atoms with Crippen molar-refractivity contribution in [2.24, 2.45) is 0 Å². The summed E-state index contributed by atoms with van der Waals surface area (Å²) in [5.74, 6) is -1.84. The van der Waals surface area contributed by atoms with Crippen LogP contribution in [0.15, 0.2) is 36.7 Å². The summed E-state index contributed by atoms with van der Waals surface area (Å²) in [5, 5.41) is 3.55. The first-order chi connectivity index (χ1) is 14.1. The van der Waals surface area contributed by atoms with E-state index in [9.17, 15) is 31.1 Å². The Morgan fingerprint density at radius 1 is 0.967 bits per heavy atom. The van der Waals surface area contributed by atoms with Gasteiger partial charge in [-0.25, -0.2) is 4.98 Å². The molecule has 0 N–H and O–H groups in total. The Balaban J connectivity index is 1.52. The molecule has 1 fully saturated rings. The van der Waals surface area contributed by atoms with Gasteiger partial charge in [-0.15, -0.1) is 0 Å². The van der Waals surface area contributed by atoms with Gasteiger partial charge in [0.15, 0.2) is 11.4 Å². The van der Waals surface area contributed by atoms with Crippen molar-refractivity contribution in [2.45, 2.75) is 31.2 Å². The number of imidazole rings is 1. The fourth-order valence-electron chi connectivity index (χ4n) is 3.57. The molecule has 1 aliphatic rings. The van der Waals surface area contributed by atoms with Crippen LogP contribution >= 0.6 is 0 Å². The number of piperidine rings is 1. The Labute approximate surface area is 165 Å². The van der Waals surface area contributed by atoms with Gasteiger partial charge < -0.3 is 4.90 Å². The number of alkyl halides is 6. The van der Waals surface area contributed by atoms with E-state index in [4.69, 9.17) is 0 Å². The fourth-order valence-corrected chi connectivity index (χ4v) is 3.57. The zero-order valence-electron chi connectivity index (χ0n) is 15.3. The number of likely N-dealkylation sites (tertiary alicyclic amines) is 1. The number of hydrogen-bond donors (Lipinski definition) is 0. The van der Waals surface area contributed by atoms with Gasteiger partial charge in [0, 0.05) is 25.5 Å². The van der Waals surface area contributed by atoms with E-state index in [1.54, 1.807) is 0 Å². The van der Waals surface area contributed by atoms with Crippen molar-refractivity contribution in [3.8, 4) is 0 Å². The quantitative estimate of drug-likeness (QED) is 0.576. The summed E-state index contributed by atoms with van der Waals surface area (Å²) in [5.41, 5.74) is -1.26. The molecule has 0 aromatic carbocycles. The topological polar surface area (TPSA) is 55.4 Å². The second-order valence-corrected chi connectivity index (χ2v) is 6.94. The number of hydrogen-bond acceptors (Lipinski definition) is 3. The van der Waals surface area contributed by atoms with Crippen molar-refractivity contribution in [3.05, 3.63) is 53.9 Å². The summed E-state index contributed by atoms with van der Waals surface area (Å²) in [6.45, 7) is 0.329. The molecule has 160 valence electrons. The molecule has 0 aliphatic carbocycles. The molecule has 3 aromatic rings. The number of halogens is 6. The number of carbonyl (C=O) groups is 1. The lowest BCUT2D eigenvalue weighted by Gasteiger charge is -2.31. The summed E-state index contributed by atoms with van der Waals surface area (Å²) in [6, 6.07) is 4.84. The van der Waals surface area contributed by atoms with Gasteiger partial charge in [0.1, 0.15) is 0 Å². The van der Waals surface area contributed by atoms with Gasteiger partial charge in [0.25, 0.3) is 5.91 Å². The lowest BCUT2D eigenvalue weighted by atomic mass is 10.0. The Bertz CT molecular complexity index is 1070. The molecule has 4 rings (SSSR count). The van der Waals surface area contributed by atoms with Crippen LogP contribution < -0.4 is 0 Å². The van der Waals surface area contributed by atoms with Gasteiger partial charge in [-0.1, -0.05) is 6.07 Å². The highest BCUT2D eigenvalue weighted by Crippen LogP contribution is 2.32. The molecule has 30 heavy (non-hydrogen) atoms. The highest BCUT2D eigenvalue weighted by atomic mass is 19.4. The van der Waals surface area contributed by atoms with E-state index in [0.29, 0.717) is 12.8 Å². The number of rotatable bonds is 2. The van der Waals surface area contributed by atoms with Gasteiger partial charge in [-0.05, 0) is 31.0 Å². The lowest BCUT2D eigenvalue weighted by Crippen LogP contribution is -2.39. The molecule has 0 saturated carbocycles.